The summed E-state index contributed by atoms with van der Waals surface area (Å²) in [5.41, 5.74) is 2.37. The van der Waals surface area contributed by atoms with Crippen LogP contribution in [-0.4, -0.2) is 36.9 Å². The maximum absolute atomic E-state index is 10.9. The van der Waals surface area contributed by atoms with Crippen molar-refractivity contribution in [2.75, 3.05) is 20.8 Å². The van der Waals surface area contributed by atoms with Crippen LogP contribution in [-0.2, 0) is 12.4 Å². The molecule has 0 amide bonds. The summed E-state index contributed by atoms with van der Waals surface area (Å²) in [4.78, 5) is 14.9. The lowest BCUT2D eigenvalue weighted by Gasteiger charge is -2.35. The monoisotopic (exact) mass is 403 g/mol. The van der Waals surface area contributed by atoms with Crippen molar-refractivity contribution in [3.8, 4) is 17.6 Å². The number of hydrogen-bond donors (Lipinski definition) is 1. The molecule has 140 valence electrons. The molecule has 8 heteroatoms. The average Bonchev–Trinajstić information content (AvgIpc) is 2.67. The third kappa shape index (κ3) is 4.39. The predicted octanol–water partition coefficient (Wildman–Crippen LogP) is 3.70. The topological polar surface area (TPSA) is 77.9 Å². The van der Waals surface area contributed by atoms with Gasteiger partial charge in [0, 0.05) is 47.8 Å². The summed E-state index contributed by atoms with van der Waals surface area (Å²) in [6.07, 6.45) is 2.02. The van der Waals surface area contributed by atoms with Crippen molar-refractivity contribution in [3.63, 3.8) is 0 Å². The molecule has 0 aliphatic carbocycles. The Hall–Kier alpha value is -2.18. The lowest BCUT2D eigenvalue weighted by molar-refractivity contribution is 0.0696. The van der Waals surface area contributed by atoms with E-state index in [-0.39, 0.29) is 5.56 Å². The first kappa shape index (κ1) is 19.6. The largest absolute Gasteiger partial charge is 0.493 e. The molecule has 1 N–H and O–H groups in total. The van der Waals surface area contributed by atoms with Gasteiger partial charge in [0.1, 0.15) is 15.5 Å². The van der Waals surface area contributed by atoms with Crippen molar-refractivity contribution in [3.05, 3.63) is 58.9 Å². The van der Waals surface area contributed by atoms with Gasteiger partial charge in [-0.05, 0) is 36.3 Å². The molecule has 0 radical (unpaired) electrons. The number of aromatic carboxylic acids is 1. The quantitative estimate of drug-likeness (QED) is 0.460. The molecular weight excluding hydrogens is 386 g/mol. The molecule has 6 nitrogen and oxygen atoms in total. The summed E-state index contributed by atoms with van der Waals surface area (Å²) in [5, 5.41) is 8.92. The predicted molar refractivity (Wildman–Crippen MR) is 105 cm³/mol. The highest BCUT2D eigenvalue weighted by Gasteiger charge is 2.41. The summed E-state index contributed by atoms with van der Waals surface area (Å²) in [6.45, 7) is 0.574. The van der Waals surface area contributed by atoms with Crippen molar-refractivity contribution in [1.29, 1.82) is 0 Å². The van der Waals surface area contributed by atoms with Crippen molar-refractivity contribution in [1.82, 2.24) is 4.98 Å². The third-order valence-corrected chi connectivity index (χ3v) is 5.99. The zero-order valence-corrected chi connectivity index (χ0v) is 16.4. The summed E-state index contributed by atoms with van der Waals surface area (Å²) < 4.78 is 16.1. The summed E-state index contributed by atoms with van der Waals surface area (Å²) in [5.74, 6) is 5.79. The minimum atomic E-state index is -1.01. The van der Waals surface area contributed by atoms with Gasteiger partial charge in [0.2, 0.25) is 0 Å². The van der Waals surface area contributed by atoms with E-state index in [0.29, 0.717) is 12.3 Å². The Morgan fingerprint density at radius 3 is 2.63 bits per heavy atom. The lowest BCUT2D eigenvalue weighted by Crippen LogP contribution is -2.27. The molecule has 1 aliphatic heterocycles. The van der Waals surface area contributed by atoms with Crippen LogP contribution < -0.4 is 4.74 Å². The number of ether oxygens (including phenoxy) is 1. The molecule has 1 aliphatic rings. The van der Waals surface area contributed by atoms with Crippen LogP contribution in [0.5, 0.6) is 5.75 Å². The van der Waals surface area contributed by atoms with E-state index >= 15 is 0 Å². The molecule has 2 aromatic rings. The number of aromatic nitrogens is 1. The van der Waals surface area contributed by atoms with Crippen LogP contribution in [0.15, 0.2) is 36.5 Å². The molecule has 0 saturated heterocycles. The summed E-state index contributed by atoms with van der Waals surface area (Å²) in [6, 6.07) is 8.80. The van der Waals surface area contributed by atoms with Gasteiger partial charge >= 0.3 is 5.97 Å². The zero-order valence-electron chi connectivity index (χ0n) is 14.7. The van der Waals surface area contributed by atoms with Gasteiger partial charge in [-0.3, -0.25) is 0 Å². The van der Waals surface area contributed by atoms with Crippen LogP contribution >= 0.6 is 24.1 Å². The Morgan fingerprint density at radius 2 is 2.00 bits per heavy atom. The van der Waals surface area contributed by atoms with E-state index in [2.05, 4.69) is 16.8 Å². The van der Waals surface area contributed by atoms with Gasteiger partial charge in [0.25, 0.3) is 0 Å². The van der Waals surface area contributed by atoms with Gasteiger partial charge in [0.15, 0.2) is 0 Å². The Morgan fingerprint density at radius 1 is 1.22 bits per heavy atom. The minimum absolute atomic E-state index is 0.129. The van der Waals surface area contributed by atoms with Crippen LogP contribution in [0.25, 0.3) is 0 Å². The van der Waals surface area contributed by atoms with Gasteiger partial charge < -0.3 is 18.2 Å². The van der Waals surface area contributed by atoms with E-state index < -0.39 is 10.0 Å². The van der Waals surface area contributed by atoms with Crippen molar-refractivity contribution in [2.24, 2.45) is 0 Å². The number of carboxylic acids is 1. The zero-order chi connectivity index (χ0) is 19.3. The standard InChI is InChI=1S/C19H17NO5S2/c1-23-26-19(27-24-2)9-10-25-17-8-4-13(11-16(17)19)3-6-15-7-5-14(12-20-15)18(21)22/h4-5,7-8,11-12H,9-10H2,1-2H3,(H,21,22). The molecular formula is C19H17NO5S2. The molecule has 1 aromatic carbocycles. The fourth-order valence-corrected chi connectivity index (χ4v) is 4.54. The Labute approximate surface area is 166 Å². The van der Waals surface area contributed by atoms with Crippen LogP contribution in [0.4, 0.5) is 0 Å². The molecule has 2 heterocycles. The SMILES string of the molecule is COSC1(SOC)CCOc2ccc(C#Cc3ccc(C(=O)O)cn3)cc21. The average molecular weight is 403 g/mol. The number of nitrogens with zero attached hydrogens (tertiary/aromatic N) is 1. The van der Waals surface area contributed by atoms with E-state index in [0.717, 1.165) is 23.3 Å². The molecule has 27 heavy (non-hydrogen) atoms. The number of pyridine rings is 1. The first-order valence-corrected chi connectivity index (χ1v) is 9.48. The van der Waals surface area contributed by atoms with E-state index in [1.807, 2.05) is 18.2 Å². The fourth-order valence-electron chi connectivity index (χ4n) is 2.65. The van der Waals surface area contributed by atoms with E-state index in [1.54, 1.807) is 20.3 Å². The van der Waals surface area contributed by atoms with Crippen LogP contribution in [0, 0.1) is 11.8 Å². The van der Waals surface area contributed by atoms with Crippen LogP contribution in [0.2, 0.25) is 0 Å². The smallest absolute Gasteiger partial charge is 0.337 e. The van der Waals surface area contributed by atoms with Crippen molar-refractivity contribution < 1.29 is 23.0 Å². The number of carboxylic acid groups (broad SMARTS) is 1. The fraction of sp³-hybridized carbons (Fsp3) is 0.263. The molecule has 0 unspecified atom stereocenters. The second-order valence-corrected chi connectivity index (χ2v) is 8.20. The molecule has 0 saturated carbocycles. The molecule has 0 spiro atoms. The summed E-state index contributed by atoms with van der Waals surface area (Å²) >= 11 is 2.67. The number of benzene rings is 1. The molecule has 0 bridgehead atoms. The highest BCUT2D eigenvalue weighted by Crippen LogP contribution is 2.54. The highest BCUT2D eigenvalue weighted by molar-refractivity contribution is 8.13. The van der Waals surface area contributed by atoms with Crippen LogP contribution in [0.3, 0.4) is 0 Å². The second-order valence-electron chi connectivity index (χ2n) is 5.55. The van der Waals surface area contributed by atoms with Gasteiger partial charge in [-0.15, -0.1) is 0 Å². The highest BCUT2D eigenvalue weighted by atomic mass is 32.2. The maximum atomic E-state index is 10.9. The minimum Gasteiger partial charge on any atom is -0.493 e. The summed E-state index contributed by atoms with van der Waals surface area (Å²) in [7, 11) is 3.27. The second kappa shape index (κ2) is 8.67. The van der Waals surface area contributed by atoms with Gasteiger partial charge in [-0.25, -0.2) is 9.78 Å². The first-order chi connectivity index (χ1) is 13.1. The number of fused-ring (bicyclic) bond motifs is 1. The van der Waals surface area contributed by atoms with E-state index in [4.69, 9.17) is 18.2 Å². The van der Waals surface area contributed by atoms with Gasteiger partial charge in [-0.1, -0.05) is 5.92 Å². The molecule has 1 aromatic heterocycles. The molecule has 0 fully saturated rings. The third-order valence-electron chi connectivity index (χ3n) is 3.86. The Balaban J connectivity index is 1.92. The Kier molecular flexibility index (Phi) is 6.29. The first-order valence-electron chi connectivity index (χ1n) is 8.00. The molecule has 3 rings (SSSR count). The molecule has 0 atom stereocenters. The number of rotatable bonds is 5. The van der Waals surface area contributed by atoms with E-state index in [9.17, 15) is 4.79 Å². The van der Waals surface area contributed by atoms with Gasteiger partial charge in [-0.2, -0.15) is 0 Å². The van der Waals surface area contributed by atoms with Crippen molar-refractivity contribution in [2.45, 2.75) is 10.5 Å². The maximum Gasteiger partial charge on any atom is 0.337 e. The van der Waals surface area contributed by atoms with Gasteiger partial charge in [0.05, 0.1) is 26.4 Å². The van der Waals surface area contributed by atoms with Crippen LogP contribution in [0.1, 0.15) is 33.6 Å². The lowest BCUT2D eigenvalue weighted by atomic mass is 10.0. The van der Waals surface area contributed by atoms with Crippen molar-refractivity contribution >= 4 is 30.1 Å². The normalized spacial score (nSPS) is 14.4. The number of carbonyl (C=O) groups is 1. The number of hydrogen-bond acceptors (Lipinski definition) is 7. The Bertz CT molecular complexity index is 883. The van der Waals surface area contributed by atoms with E-state index in [1.165, 1.54) is 36.3 Å².